The third-order valence-electron chi connectivity index (χ3n) is 5.59. The van der Waals surface area contributed by atoms with Crippen molar-refractivity contribution >= 4 is 5.69 Å². The van der Waals surface area contributed by atoms with Crippen molar-refractivity contribution in [1.29, 1.82) is 0 Å². The average Bonchev–Trinajstić information content (AvgIpc) is 3.40. The molecule has 4 aromatic rings. The van der Waals surface area contributed by atoms with Crippen LogP contribution in [0.3, 0.4) is 0 Å². The molecule has 5 rings (SSSR count). The number of nitrogens with zero attached hydrogens (tertiary/aromatic N) is 2. The first-order valence-corrected chi connectivity index (χ1v) is 9.88. The topological polar surface area (TPSA) is 47.7 Å². The number of nitrogens with one attached hydrogen (secondary N) is 2. The largest absolute Gasteiger partial charge is 0.367 e. The molecule has 1 aliphatic rings. The van der Waals surface area contributed by atoms with Gasteiger partial charge in [0.15, 0.2) is 0 Å². The Morgan fingerprint density at radius 2 is 1.82 bits per heavy atom. The maximum Gasteiger partial charge on any atom is 0.0565 e. The third-order valence-corrected chi connectivity index (χ3v) is 5.59. The van der Waals surface area contributed by atoms with Gasteiger partial charge in [-0.05, 0) is 65.8 Å². The molecule has 4 nitrogen and oxygen atoms in total. The molecule has 0 saturated heterocycles. The van der Waals surface area contributed by atoms with Crippen LogP contribution in [-0.2, 0) is 13.0 Å². The predicted molar refractivity (Wildman–Crippen MR) is 114 cm³/mol. The van der Waals surface area contributed by atoms with E-state index in [1.807, 2.05) is 18.6 Å². The van der Waals surface area contributed by atoms with Gasteiger partial charge in [-0.2, -0.15) is 5.10 Å². The zero-order valence-corrected chi connectivity index (χ0v) is 16.1. The monoisotopic (exact) mass is 368 g/mol. The minimum Gasteiger partial charge on any atom is -0.367 e. The first-order chi connectivity index (χ1) is 13.8. The highest BCUT2D eigenvalue weighted by atomic mass is 15.1. The van der Waals surface area contributed by atoms with Crippen LogP contribution in [-0.4, -0.2) is 21.7 Å². The molecular formula is C24H24N4. The molecule has 0 aliphatic carbocycles. The van der Waals surface area contributed by atoms with Gasteiger partial charge in [0.1, 0.15) is 0 Å². The molecule has 0 unspecified atom stereocenters. The lowest BCUT2D eigenvalue weighted by Gasteiger charge is -2.32. The summed E-state index contributed by atoms with van der Waals surface area (Å²) in [5.74, 6) is 0. The Hall–Kier alpha value is -3.27. The molecule has 140 valence electrons. The summed E-state index contributed by atoms with van der Waals surface area (Å²) >= 11 is 0. The van der Waals surface area contributed by atoms with Gasteiger partial charge in [-0.1, -0.05) is 30.3 Å². The number of anilines is 1. The quantitative estimate of drug-likeness (QED) is 0.511. The van der Waals surface area contributed by atoms with E-state index in [4.69, 9.17) is 0 Å². The van der Waals surface area contributed by atoms with Gasteiger partial charge in [0.2, 0.25) is 0 Å². The van der Waals surface area contributed by atoms with Crippen LogP contribution in [0.5, 0.6) is 0 Å². The van der Waals surface area contributed by atoms with Crippen LogP contribution in [0.25, 0.3) is 22.4 Å². The first-order valence-electron chi connectivity index (χ1n) is 9.88. The van der Waals surface area contributed by atoms with Crippen LogP contribution in [0.15, 0.2) is 67.1 Å². The van der Waals surface area contributed by atoms with Crippen molar-refractivity contribution in [1.82, 2.24) is 15.2 Å². The maximum absolute atomic E-state index is 4.07. The Morgan fingerprint density at radius 3 is 2.57 bits per heavy atom. The van der Waals surface area contributed by atoms with Gasteiger partial charge in [0.05, 0.1) is 6.20 Å². The number of hydrogen-bond acceptors (Lipinski definition) is 2. The lowest BCUT2D eigenvalue weighted by atomic mass is 9.97. The molecule has 4 heteroatoms. The Labute approximate surface area is 165 Å². The second-order valence-corrected chi connectivity index (χ2v) is 7.64. The first kappa shape index (κ1) is 16.9. The van der Waals surface area contributed by atoms with Crippen LogP contribution in [0, 0.1) is 6.92 Å². The molecule has 0 fully saturated rings. The van der Waals surface area contributed by atoms with Gasteiger partial charge in [-0.15, -0.1) is 0 Å². The molecule has 2 N–H and O–H groups in total. The summed E-state index contributed by atoms with van der Waals surface area (Å²) < 4.78 is 0. The van der Waals surface area contributed by atoms with E-state index < -0.39 is 0 Å². The molecule has 28 heavy (non-hydrogen) atoms. The maximum atomic E-state index is 4.07. The van der Waals surface area contributed by atoms with E-state index in [9.17, 15) is 0 Å². The number of H-pyrrole nitrogens is 2. The zero-order chi connectivity index (χ0) is 18.9. The van der Waals surface area contributed by atoms with Gasteiger partial charge >= 0.3 is 0 Å². The van der Waals surface area contributed by atoms with Crippen LogP contribution < -0.4 is 4.90 Å². The Bertz CT molecular complexity index is 1070. The highest BCUT2D eigenvalue weighted by molar-refractivity contribution is 5.69. The minimum atomic E-state index is 0.947. The van der Waals surface area contributed by atoms with Crippen molar-refractivity contribution < 1.29 is 0 Å². The molecule has 0 spiro atoms. The molecule has 0 amide bonds. The number of aryl methyl sites for hydroxylation is 2. The van der Waals surface area contributed by atoms with Gasteiger partial charge in [0.25, 0.3) is 0 Å². The second kappa shape index (κ2) is 7.04. The van der Waals surface area contributed by atoms with E-state index in [0.29, 0.717) is 0 Å². The number of benzene rings is 2. The van der Waals surface area contributed by atoms with Crippen LogP contribution >= 0.6 is 0 Å². The summed E-state index contributed by atoms with van der Waals surface area (Å²) in [5.41, 5.74) is 10.2. The molecule has 0 atom stereocenters. The molecular weight excluding hydrogens is 344 g/mol. The van der Waals surface area contributed by atoms with Crippen molar-refractivity contribution in [3.05, 3.63) is 83.8 Å². The summed E-state index contributed by atoms with van der Waals surface area (Å²) in [6.07, 6.45) is 8.22. The molecule has 0 saturated carbocycles. The van der Waals surface area contributed by atoms with Crippen LogP contribution in [0.2, 0.25) is 0 Å². The Morgan fingerprint density at radius 1 is 0.964 bits per heavy atom. The SMILES string of the molecule is Cc1c[nH]c(-c2ccc(CN3CCCc4cc(-c5cn[nH]c5)ccc43)cc2)c1. The van der Waals surface area contributed by atoms with Crippen molar-refractivity contribution in [2.75, 3.05) is 11.4 Å². The van der Waals surface area contributed by atoms with Crippen molar-refractivity contribution in [3.8, 4) is 22.4 Å². The standard InChI is InChI=1S/C24H24N4/c1-17-11-23(25-13-17)19-6-4-18(5-7-19)16-28-10-2-3-21-12-20(8-9-24(21)28)22-14-26-27-15-22/h4-9,11-15,25H,2-3,10,16H2,1H3,(H,26,27). The number of aromatic nitrogens is 3. The summed E-state index contributed by atoms with van der Waals surface area (Å²) in [7, 11) is 0. The number of aromatic amines is 2. The average molecular weight is 368 g/mol. The second-order valence-electron chi connectivity index (χ2n) is 7.64. The fourth-order valence-corrected chi connectivity index (χ4v) is 4.11. The predicted octanol–water partition coefficient (Wildman–Crippen LogP) is 5.33. The minimum absolute atomic E-state index is 0.947. The lowest BCUT2D eigenvalue weighted by molar-refractivity contribution is 0.691. The molecule has 2 aromatic carbocycles. The molecule has 1 aliphatic heterocycles. The van der Waals surface area contributed by atoms with Crippen molar-refractivity contribution in [2.24, 2.45) is 0 Å². The van der Waals surface area contributed by atoms with E-state index >= 15 is 0 Å². The smallest absolute Gasteiger partial charge is 0.0565 e. The fourth-order valence-electron chi connectivity index (χ4n) is 4.11. The van der Waals surface area contributed by atoms with Gasteiger partial charge in [-0.3, -0.25) is 5.10 Å². The summed E-state index contributed by atoms with van der Waals surface area (Å²) in [6, 6.07) is 17.9. The fraction of sp³-hybridized carbons (Fsp3) is 0.208. The van der Waals surface area contributed by atoms with E-state index in [0.717, 1.165) is 25.1 Å². The van der Waals surface area contributed by atoms with E-state index in [1.165, 1.54) is 45.6 Å². The molecule has 3 heterocycles. The highest BCUT2D eigenvalue weighted by Crippen LogP contribution is 2.32. The van der Waals surface area contributed by atoms with Gasteiger partial charge in [-0.25, -0.2) is 0 Å². The van der Waals surface area contributed by atoms with Crippen LogP contribution in [0.1, 0.15) is 23.1 Å². The molecule has 0 bridgehead atoms. The zero-order valence-electron chi connectivity index (χ0n) is 16.1. The summed E-state index contributed by atoms with van der Waals surface area (Å²) in [6.45, 7) is 4.16. The van der Waals surface area contributed by atoms with Crippen molar-refractivity contribution in [3.63, 3.8) is 0 Å². The Kier molecular flexibility index (Phi) is 4.24. The highest BCUT2D eigenvalue weighted by Gasteiger charge is 2.18. The number of rotatable bonds is 4. The summed E-state index contributed by atoms with van der Waals surface area (Å²) in [5, 5.41) is 6.98. The van der Waals surface area contributed by atoms with Gasteiger partial charge in [0, 0.05) is 42.4 Å². The third kappa shape index (κ3) is 3.22. The Balaban J connectivity index is 1.37. The van der Waals surface area contributed by atoms with Gasteiger partial charge < -0.3 is 9.88 Å². The lowest BCUT2D eigenvalue weighted by Crippen LogP contribution is -2.28. The number of fused-ring (bicyclic) bond motifs is 1. The van der Waals surface area contributed by atoms with E-state index in [2.05, 4.69) is 75.5 Å². The molecule has 2 aromatic heterocycles. The summed E-state index contributed by atoms with van der Waals surface area (Å²) in [4.78, 5) is 5.84. The number of hydrogen-bond donors (Lipinski definition) is 2. The molecule has 0 radical (unpaired) electrons. The normalized spacial score (nSPS) is 13.5. The van der Waals surface area contributed by atoms with Crippen molar-refractivity contribution in [2.45, 2.75) is 26.3 Å². The van der Waals surface area contributed by atoms with E-state index in [-0.39, 0.29) is 0 Å². The van der Waals surface area contributed by atoms with Crippen LogP contribution in [0.4, 0.5) is 5.69 Å². The van der Waals surface area contributed by atoms with E-state index in [1.54, 1.807) is 0 Å².